The lowest BCUT2D eigenvalue weighted by atomic mass is 10.2. The summed E-state index contributed by atoms with van der Waals surface area (Å²) in [4.78, 5) is 11.2. The van der Waals surface area contributed by atoms with E-state index in [1.54, 1.807) is 18.2 Å². The van der Waals surface area contributed by atoms with Gasteiger partial charge in [0.1, 0.15) is 18.0 Å². The van der Waals surface area contributed by atoms with Crippen LogP contribution in [0.5, 0.6) is 5.75 Å². The van der Waals surface area contributed by atoms with Crippen molar-refractivity contribution in [3.63, 3.8) is 0 Å². The first kappa shape index (κ1) is 11.8. The SMILES string of the molecule is CC(=O)Nc1cc(Cl)ccc1O[C@H]1CC[C@H]2O[C@H]12. The molecule has 0 aromatic heterocycles. The van der Waals surface area contributed by atoms with Gasteiger partial charge in [-0.15, -0.1) is 0 Å². The maximum absolute atomic E-state index is 11.2. The Morgan fingerprint density at radius 2 is 2.33 bits per heavy atom. The van der Waals surface area contributed by atoms with Gasteiger partial charge in [-0.1, -0.05) is 11.6 Å². The Balaban J connectivity index is 1.79. The fraction of sp³-hybridized carbons (Fsp3) is 0.462. The summed E-state index contributed by atoms with van der Waals surface area (Å²) in [6, 6.07) is 5.23. The minimum atomic E-state index is -0.144. The van der Waals surface area contributed by atoms with Crippen LogP contribution in [0, 0.1) is 0 Å². The highest BCUT2D eigenvalue weighted by atomic mass is 35.5. The molecule has 3 rings (SSSR count). The van der Waals surface area contributed by atoms with Gasteiger partial charge in [-0.2, -0.15) is 0 Å². The molecule has 1 amide bonds. The van der Waals surface area contributed by atoms with Crippen molar-refractivity contribution in [2.45, 2.75) is 38.1 Å². The number of hydrogen-bond donors (Lipinski definition) is 1. The van der Waals surface area contributed by atoms with Crippen molar-refractivity contribution >= 4 is 23.2 Å². The van der Waals surface area contributed by atoms with Crippen LogP contribution in [0.1, 0.15) is 19.8 Å². The third-order valence-electron chi connectivity index (χ3n) is 3.25. The van der Waals surface area contributed by atoms with Gasteiger partial charge in [0.25, 0.3) is 0 Å². The number of ether oxygens (including phenoxy) is 2. The van der Waals surface area contributed by atoms with E-state index in [0.717, 1.165) is 12.8 Å². The number of halogens is 1. The number of rotatable bonds is 3. The van der Waals surface area contributed by atoms with E-state index >= 15 is 0 Å². The normalized spacial score (nSPS) is 28.7. The monoisotopic (exact) mass is 267 g/mol. The first-order valence-electron chi connectivity index (χ1n) is 6.03. The van der Waals surface area contributed by atoms with Crippen molar-refractivity contribution in [3.8, 4) is 5.75 Å². The number of epoxide rings is 1. The topological polar surface area (TPSA) is 50.9 Å². The molecule has 2 fully saturated rings. The van der Waals surface area contributed by atoms with Gasteiger partial charge in [-0.25, -0.2) is 0 Å². The highest BCUT2D eigenvalue weighted by Gasteiger charge is 2.51. The van der Waals surface area contributed by atoms with Crippen LogP contribution in [0.25, 0.3) is 0 Å². The van der Waals surface area contributed by atoms with E-state index in [1.807, 2.05) is 0 Å². The number of benzene rings is 1. The Morgan fingerprint density at radius 3 is 2.94 bits per heavy atom. The van der Waals surface area contributed by atoms with Crippen molar-refractivity contribution < 1.29 is 14.3 Å². The van der Waals surface area contributed by atoms with Crippen LogP contribution in [0.4, 0.5) is 5.69 Å². The van der Waals surface area contributed by atoms with Crippen molar-refractivity contribution in [3.05, 3.63) is 23.2 Å². The van der Waals surface area contributed by atoms with E-state index in [9.17, 15) is 4.79 Å². The number of fused-ring (bicyclic) bond motifs is 1. The summed E-state index contributed by atoms with van der Waals surface area (Å²) in [5.74, 6) is 0.504. The second kappa shape index (κ2) is 4.44. The van der Waals surface area contributed by atoms with Crippen LogP contribution in [-0.4, -0.2) is 24.2 Å². The Hall–Kier alpha value is -1.26. The molecule has 18 heavy (non-hydrogen) atoms. The molecule has 0 unspecified atom stereocenters. The highest BCUT2D eigenvalue weighted by molar-refractivity contribution is 6.31. The number of carbonyl (C=O) groups excluding carboxylic acids is 1. The number of carbonyl (C=O) groups is 1. The lowest BCUT2D eigenvalue weighted by molar-refractivity contribution is -0.114. The zero-order valence-corrected chi connectivity index (χ0v) is 10.7. The molecule has 1 heterocycles. The molecular formula is C13H14ClNO3. The standard InChI is InChI=1S/C13H14ClNO3/c1-7(16)15-9-6-8(14)2-3-10(9)17-11-4-5-12-13(11)18-12/h2-3,6,11-13H,4-5H2,1H3,(H,15,16)/t11-,12+,13+/m0/s1. The van der Waals surface area contributed by atoms with Gasteiger partial charge in [0.05, 0.1) is 11.8 Å². The minimum Gasteiger partial charge on any atom is -0.485 e. The van der Waals surface area contributed by atoms with E-state index < -0.39 is 0 Å². The van der Waals surface area contributed by atoms with Crippen molar-refractivity contribution in [2.24, 2.45) is 0 Å². The average Bonchev–Trinajstić information content (AvgIpc) is 2.98. The Kier molecular flexibility index (Phi) is 2.92. The molecular weight excluding hydrogens is 254 g/mol. The Morgan fingerprint density at radius 1 is 1.50 bits per heavy atom. The fourth-order valence-electron chi connectivity index (χ4n) is 2.39. The van der Waals surface area contributed by atoms with E-state index in [4.69, 9.17) is 21.1 Å². The molecule has 1 saturated carbocycles. The summed E-state index contributed by atoms with van der Waals surface area (Å²) in [5, 5.41) is 3.30. The first-order valence-corrected chi connectivity index (χ1v) is 6.40. The van der Waals surface area contributed by atoms with E-state index in [2.05, 4.69) is 5.32 Å². The maximum Gasteiger partial charge on any atom is 0.221 e. The molecule has 1 aliphatic carbocycles. The molecule has 1 aromatic carbocycles. The third kappa shape index (κ3) is 2.31. The second-order valence-corrected chi connectivity index (χ2v) is 5.13. The van der Waals surface area contributed by atoms with Gasteiger partial charge in [-0.05, 0) is 31.0 Å². The van der Waals surface area contributed by atoms with Crippen molar-refractivity contribution in [1.29, 1.82) is 0 Å². The molecule has 0 radical (unpaired) electrons. The molecule has 2 aliphatic rings. The number of hydrogen-bond acceptors (Lipinski definition) is 3. The van der Waals surface area contributed by atoms with Crippen LogP contribution in [0.3, 0.4) is 0 Å². The average molecular weight is 268 g/mol. The van der Waals surface area contributed by atoms with Crippen LogP contribution >= 0.6 is 11.6 Å². The predicted octanol–water partition coefficient (Wildman–Crippen LogP) is 2.61. The van der Waals surface area contributed by atoms with Gasteiger partial charge in [0, 0.05) is 11.9 Å². The van der Waals surface area contributed by atoms with Crippen LogP contribution in [0.2, 0.25) is 5.02 Å². The smallest absolute Gasteiger partial charge is 0.221 e. The molecule has 1 aliphatic heterocycles. The largest absolute Gasteiger partial charge is 0.485 e. The van der Waals surface area contributed by atoms with Crippen LogP contribution in [-0.2, 0) is 9.53 Å². The molecule has 0 bridgehead atoms. The molecule has 0 spiro atoms. The van der Waals surface area contributed by atoms with Crippen LogP contribution in [0.15, 0.2) is 18.2 Å². The molecule has 5 heteroatoms. The quantitative estimate of drug-likeness (QED) is 0.857. The summed E-state index contributed by atoms with van der Waals surface area (Å²) < 4.78 is 11.4. The number of nitrogens with one attached hydrogen (secondary N) is 1. The number of anilines is 1. The number of amides is 1. The highest BCUT2D eigenvalue weighted by Crippen LogP contribution is 2.41. The van der Waals surface area contributed by atoms with Crippen LogP contribution < -0.4 is 10.1 Å². The van der Waals surface area contributed by atoms with Gasteiger partial charge in [-0.3, -0.25) is 4.79 Å². The molecule has 1 N–H and O–H groups in total. The lowest BCUT2D eigenvalue weighted by Crippen LogP contribution is -2.20. The molecule has 96 valence electrons. The summed E-state index contributed by atoms with van der Waals surface area (Å²) in [6.07, 6.45) is 2.75. The van der Waals surface area contributed by atoms with E-state index in [0.29, 0.717) is 22.6 Å². The summed E-state index contributed by atoms with van der Waals surface area (Å²) in [7, 11) is 0. The van der Waals surface area contributed by atoms with Gasteiger partial charge < -0.3 is 14.8 Å². The zero-order valence-electron chi connectivity index (χ0n) is 9.98. The Bertz CT molecular complexity index is 491. The van der Waals surface area contributed by atoms with E-state index in [1.165, 1.54) is 6.92 Å². The fourth-order valence-corrected chi connectivity index (χ4v) is 2.56. The summed E-state index contributed by atoms with van der Waals surface area (Å²) in [6.45, 7) is 1.46. The molecule has 1 aromatic rings. The summed E-state index contributed by atoms with van der Waals surface area (Å²) in [5.41, 5.74) is 0.610. The summed E-state index contributed by atoms with van der Waals surface area (Å²) >= 11 is 5.92. The third-order valence-corrected chi connectivity index (χ3v) is 3.49. The first-order chi connectivity index (χ1) is 8.63. The maximum atomic E-state index is 11.2. The molecule has 3 atom stereocenters. The zero-order chi connectivity index (χ0) is 12.7. The molecule has 4 nitrogen and oxygen atoms in total. The van der Waals surface area contributed by atoms with Gasteiger partial charge >= 0.3 is 0 Å². The van der Waals surface area contributed by atoms with Gasteiger partial charge in [0.15, 0.2) is 0 Å². The lowest BCUT2D eigenvalue weighted by Gasteiger charge is -2.17. The van der Waals surface area contributed by atoms with E-state index in [-0.39, 0.29) is 18.1 Å². The van der Waals surface area contributed by atoms with Crippen molar-refractivity contribution in [2.75, 3.05) is 5.32 Å². The van der Waals surface area contributed by atoms with Crippen molar-refractivity contribution in [1.82, 2.24) is 0 Å². The molecule has 1 saturated heterocycles. The second-order valence-electron chi connectivity index (χ2n) is 4.69. The Labute approximate surface area is 110 Å². The predicted molar refractivity (Wildman–Crippen MR) is 68.1 cm³/mol. The van der Waals surface area contributed by atoms with Gasteiger partial charge in [0.2, 0.25) is 5.91 Å². The minimum absolute atomic E-state index is 0.0867.